The molecule has 0 aliphatic carbocycles. The highest BCUT2D eigenvalue weighted by Gasteiger charge is 2.48. The van der Waals surface area contributed by atoms with Crippen LogP contribution in [0.25, 0.3) is 0 Å². The maximum absolute atomic E-state index is 4.25. The average molecular weight is 261 g/mol. The lowest BCUT2D eigenvalue weighted by Crippen LogP contribution is -2.59. The van der Waals surface area contributed by atoms with Gasteiger partial charge in [-0.3, -0.25) is 0 Å². The van der Waals surface area contributed by atoms with Gasteiger partial charge in [-0.25, -0.2) is 0 Å². The molecule has 1 nitrogen and oxygen atoms in total. The summed E-state index contributed by atoms with van der Waals surface area (Å²) in [4.78, 5) is 2.50. The number of nitrogens with zero attached hydrogens (tertiary/aromatic N) is 1. The minimum Gasteiger partial charge on any atom is -0.357 e. The van der Waals surface area contributed by atoms with Crippen LogP contribution in [0.1, 0.15) is 61.3 Å². The largest absolute Gasteiger partial charge is 0.357 e. The van der Waals surface area contributed by atoms with Crippen LogP contribution in [0.2, 0.25) is 0 Å². The van der Waals surface area contributed by atoms with Crippen molar-refractivity contribution < 1.29 is 0 Å². The maximum Gasteiger partial charge on any atom is 0.0563 e. The van der Waals surface area contributed by atoms with Crippen LogP contribution in [0.15, 0.2) is 36.6 Å². The molecule has 0 radical (unpaired) electrons. The van der Waals surface area contributed by atoms with Gasteiger partial charge in [0.25, 0.3) is 0 Å². The average Bonchev–Trinajstić information content (AvgIpc) is 2.54. The van der Waals surface area contributed by atoms with Gasteiger partial charge in [0.05, 0.1) is 5.54 Å². The number of allylic oxidation sites excluding steroid dienone is 2. The van der Waals surface area contributed by atoms with E-state index in [1.165, 1.54) is 5.57 Å². The number of hydrogen-bond donors (Lipinski definition) is 0. The molecule has 0 aromatic heterocycles. The van der Waals surface area contributed by atoms with Gasteiger partial charge in [0.1, 0.15) is 0 Å². The van der Waals surface area contributed by atoms with Gasteiger partial charge in [-0.2, -0.15) is 0 Å². The van der Waals surface area contributed by atoms with Crippen LogP contribution in [0.4, 0.5) is 0 Å². The second-order valence-corrected chi connectivity index (χ2v) is 7.45. The zero-order valence-corrected chi connectivity index (χ0v) is 13.9. The predicted molar refractivity (Wildman–Crippen MR) is 86.1 cm³/mol. The van der Waals surface area contributed by atoms with Gasteiger partial charge in [0.2, 0.25) is 0 Å². The molecule has 108 valence electrons. The van der Waals surface area contributed by atoms with Crippen molar-refractivity contribution in [1.29, 1.82) is 0 Å². The van der Waals surface area contributed by atoms with Gasteiger partial charge in [-0.05, 0) is 52.0 Å². The van der Waals surface area contributed by atoms with E-state index in [4.69, 9.17) is 0 Å². The van der Waals surface area contributed by atoms with Crippen LogP contribution in [-0.4, -0.2) is 16.0 Å². The van der Waals surface area contributed by atoms with Gasteiger partial charge in [-0.15, -0.1) is 6.58 Å². The highest BCUT2D eigenvalue weighted by Crippen LogP contribution is 2.48. The standard InChI is InChI=1S/C18H31N/c1-10-18(9)12-11-15(4)19(18)17(7,8)16(5,6)13-14(2)3/h11-12H,2,4,10,13H2,1,3,5-9H3. The summed E-state index contributed by atoms with van der Waals surface area (Å²) in [6.45, 7) is 24.4. The van der Waals surface area contributed by atoms with Gasteiger partial charge < -0.3 is 4.90 Å². The topological polar surface area (TPSA) is 3.24 Å². The number of hydrogen-bond acceptors (Lipinski definition) is 1. The Hall–Kier alpha value is -0.980. The quantitative estimate of drug-likeness (QED) is 0.606. The fourth-order valence-corrected chi connectivity index (χ4v) is 3.30. The van der Waals surface area contributed by atoms with Crippen LogP contribution in [-0.2, 0) is 0 Å². The van der Waals surface area contributed by atoms with E-state index in [0.29, 0.717) is 0 Å². The maximum atomic E-state index is 4.25. The van der Waals surface area contributed by atoms with Crippen LogP contribution in [0, 0.1) is 5.41 Å². The Balaban J connectivity index is 3.18. The van der Waals surface area contributed by atoms with Crippen molar-refractivity contribution in [1.82, 2.24) is 4.90 Å². The molecule has 0 N–H and O–H groups in total. The molecule has 0 fully saturated rings. The molecule has 19 heavy (non-hydrogen) atoms. The van der Waals surface area contributed by atoms with Crippen LogP contribution in [0.3, 0.4) is 0 Å². The molecular formula is C18H31N. The summed E-state index contributed by atoms with van der Waals surface area (Å²) < 4.78 is 0. The van der Waals surface area contributed by atoms with E-state index in [9.17, 15) is 0 Å². The van der Waals surface area contributed by atoms with Crippen LogP contribution >= 0.6 is 0 Å². The molecule has 1 heterocycles. The third kappa shape index (κ3) is 2.66. The zero-order valence-electron chi connectivity index (χ0n) is 13.9. The lowest BCUT2D eigenvalue weighted by Gasteiger charge is -2.55. The van der Waals surface area contributed by atoms with Crippen molar-refractivity contribution in [2.45, 2.75) is 72.4 Å². The molecule has 0 bridgehead atoms. The molecule has 0 aromatic rings. The van der Waals surface area contributed by atoms with Gasteiger partial charge in [0.15, 0.2) is 0 Å². The fourth-order valence-electron chi connectivity index (χ4n) is 3.30. The first kappa shape index (κ1) is 16.1. The summed E-state index contributed by atoms with van der Waals surface area (Å²) >= 11 is 0. The number of rotatable bonds is 5. The molecule has 1 aliphatic heterocycles. The van der Waals surface area contributed by atoms with E-state index in [0.717, 1.165) is 18.5 Å². The first-order chi connectivity index (χ1) is 8.48. The minimum absolute atomic E-state index is 0.0251. The summed E-state index contributed by atoms with van der Waals surface area (Å²) in [5.41, 5.74) is 2.62. The summed E-state index contributed by atoms with van der Waals surface area (Å²) in [6, 6.07) is 0. The molecular weight excluding hydrogens is 230 g/mol. The fraction of sp³-hybridized carbons (Fsp3) is 0.667. The van der Waals surface area contributed by atoms with Gasteiger partial charge in [0, 0.05) is 11.2 Å². The minimum atomic E-state index is 0.0251. The van der Waals surface area contributed by atoms with Crippen LogP contribution < -0.4 is 0 Å². The molecule has 0 saturated heterocycles. The molecule has 0 spiro atoms. The Bertz CT molecular complexity index is 411. The SMILES string of the molecule is C=C(C)CC(C)(C)C(C)(C)N1C(=C)C=CC1(C)CC. The van der Waals surface area contributed by atoms with E-state index in [-0.39, 0.29) is 16.5 Å². The highest BCUT2D eigenvalue weighted by atomic mass is 15.3. The summed E-state index contributed by atoms with van der Waals surface area (Å²) in [5, 5.41) is 0. The lowest BCUT2D eigenvalue weighted by atomic mass is 9.68. The Labute approximate surface area is 120 Å². The van der Waals surface area contributed by atoms with Crippen LogP contribution in [0.5, 0.6) is 0 Å². The summed E-state index contributed by atoms with van der Waals surface area (Å²) in [7, 11) is 0. The third-order valence-corrected chi connectivity index (χ3v) is 5.11. The molecule has 0 saturated carbocycles. The molecule has 1 heteroatoms. The predicted octanol–water partition coefficient (Wildman–Crippen LogP) is 5.31. The highest BCUT2D eigenvalue weighted by molar-refractivity contribution is 5.32. The normalized spacial score (nSPS) is 24.2. The Morgan fingerprint density at radius 2 is 1.84 bits per heavy atom. The zero-order chi connectivity index (χ0) is 15.1. The third-order valence-electron chi connectivity index (χ3n) is 5.11. The van der Waals surface area contributed by atoms with Crippen molar-refractivity contribution in [3.63, 3.8) is 0 Å². The van der Waals surface area contributed by atoms with E-state index < -0.39 is 0 Å². The molecule has 0 amide bonds. The lowest BCUT2D eigenvalue weighted by molar-refractivity contribution is -0.00656. The second kappa shape index (κ2) is 4.85. The monoisotopic (exact) mass is 261 g/mol. The first-order valence-corrected chi connectivity index (χ1v) is 7.31. The smallest absolute Gasteiger partial charge is 0.0563 e. The first-order valence-electron chi connectivity index (χ1n) is 7.31. The van der Waals surface area contributed by atoms with Crippen molar-refractivity contribution in [2.75, 3.05) is 0 Å². The second-order valence-electron chi connectivity index (χ2n) is 7.45. The van der Waals surface area contributed by atoms with E-state index in [1.54, 1.807) is 0 Å². The van der Waals surface area contributed by atoms with Crippen molar-refractivity contribution >= 4 is 0 Å². The van der Waals surface area contributed by atoms with E-state index in [1.807, 2.05) is 0 Å². The molecule has 0 aromatic carbocycles. The molecule has 1 atom stereocenters. The van der Waals surface area contributed by atoms with Crippen molar-refractivity contribution in [3.8, 4) is 0 Å². The van der Waals surface area contributed by atoms with E-state index in [2.05, 4.69) is 78.7 Å². The Kier molecular flexibility index (Phi) is 4.10. The van der Waals surface area contributed by atoms with Crippen molar-refractivity contribution in [3.05, 3.63) is 36.6 Å². The molecule has 1 rings (SSSR count). The van der Waals surface area contributed by atoms with Gasteiger partial charge >= 0.3 is 0 Å². The Morgan fingerprint density at radius 1 is 1.32 bits per heavy atom. The van der Waals surface area contributed by atoms with Crippen molar-refractivity contribution in [2.24, 2.45) is 5.41 Å². The summed E-state index contributed by atoms with van der Waals surface area (Å²) in [6.07, 6.45) is 6.59. The van der Waals surface area contributed by atoms with E-state index >= 15 is 0 Å². The molecule has 1 unspecified atom stereocenters. The summed E-state index contributed by atoms with van der Waals surface area (Å²) in [5.74, 6) is 0. The molecule has 1 aliphatic rings. The Morgan fingerprint density at radius 3 is 2.26 bits per heavy atom. The van der Waals surface area contributed by atoms with Gasteiger partial charge in [-0.1, -0.05) is 39.0 Å².